The molecule has 2 aromatic carbocycles. The minimum absolute atomic E-state index is 0.150. The summed E-state index contributed by atoms with van der Waals surface area (Å²) in [4.78, 5) is 23.3. The third-order valence-corrected chi connectivity index (χ3v) is 6.65. The lowest BCUT2D eigenvalue weighted by atomic mass is 10.2. The molecule has 0 aliphatic heterocycles. The smallest absolute Gasteiger partial charge is 0.434 e. The Hall–Kier alpha value is -2.91. The Morgan fingerprint density at radius 2 is 1.08 bits per heavy atom. The first-order valence-corrected chi connectivity index (χ1v) is 14.4. The molecule has 0 saturated carbocycles. The second kappa shape index (κ2) is 19.2. The van der Waals surface area contributed by atoms with Gasteiger partial charge >= 0.3 is 20.1 Å². The van der Waals surface area contributed by atoms with Gasteiger partial charge < -0.3 is 18.9 Å². The molecule has 1 N–H and O–H groups in total. The summed E-state index contributed by atoms with van der Waals surface area (Å²) >= 11 is 0. The molecule has 2 rings (SSSR count). The van der Waals surface area contributed by atoms with Crippen LogP contribution in [0, 0.1) is 0 Å². The summed E-state index contributed by atoms with van der Waals surface area (Å²) in [6.45, 7) is 3.40. The number of rotatable bonds is 19. The van der Waals surface area contributed by atoms with Gasteiger partial charge in [0.05, 0.1) is 26.4 Å². The molecule has 0 atom stereocenters. The van der Waals surface area contributed by atoms with Gasteiger partial charge in [0.1, 0.15) is 13.2 Å². The van der Waals surface area contributed by atoms with Gasteiger partial charge in [0, 0.05) is 6.54 Å². The summed E-state index contributed by atoms with van der Waals surface area (Å²) in [6.07, 6.45) is 1.37. The third-order valence-electron chi connectivity index (χ3n) is 4.99. The zero-order valence-electron chi connectivity index (χ0n) is 21.9. The van der Waals surface area contributed by atoms with E-state index in [1.54, 1.807) is 0 Å². The van der Waals surface area contributed by atoms with E-state index >= 15 is 0 Å². The van der Waals surface area contributed by atoms with E-state index in [0.717, 1.165) is 17.5 Å². The molecule has 0 radical (unpaired) electrons. The molecule has 0 aliphatic carbocycles. The van der Waals surface area contributed by atoms with Gasteiger partial charge in [-0.25, -0.2) is 19.2 Å². The van der Waals surface area contributed by atoms with E-state index in [4.69, 9.17) is 28.0 Å². The van der Waals surface area contributed by atoms with Crippen molar-refractivity contribution < 1.29 is 42.1 Å². The molecule has 0 spiro atoms. The number of carbonyl (C=O) groups excluding carboxylic acids is 2. The predicted molar refractivity (Wildman–Crippen MR) is 141 cm³/mol. The van der Waals surface area contributed by atoms with Crippen LogP contribution in [0.3, 0.4) is 0 Å². The fourth-order valence-electron chi connectivity index (χ4n) is 2.98. The van der Waals surface area contributed by atoms with Gasteiger partial charge in [-0.3, -0.25) is 9.05 Å². The molecule has 0 amide bonds. The summed E-state index contributed by atoms with van der Waals surface area (Å²) < 4.78 is 44.1. The second-order valence-electron chi connectivity index (χ2n) is 8.23. The van der Waals surface area contributed by atoms with Crippen molar-refractivity contribution in [2.45, 2.75) is 52.2 Å². The monoisotopic (exact) mass is 551 g/mol. The molecular formula is C27H38NO9P. The van der Waals surface area contributed by atoms with Gasteiger partial charge in [-0.2, -0.15) is 0 Å². The van der Waals surface area contributed by atoms with Gasteiger partial charge in [-0.05, 0) is 43.2 Å². The first kappa shape index (κ1) is 31.3. The van der Waals surface area contributed by atoms with Crippen molar-refractivity contribution in [1.82, 2.24) is 5.09 Å². The summed E-state index contributed by atoms with van der Waals surface area (Å²) in [5, 5.41) is 2.83. The van der Waals surface area contributed by atoms with Crippen molar-refractivity contribution in [3.8, 4) is 0 Å². The molecule has 38 heavy (non-hydrogen) atoms. The van der Waals surface area contributed by atoms with E-state index in [-0.39, 0.29) is 39.6 Å². The van der Waals surface area contributed by atoms with E-state index < -0.39 is 20.1 Å². The van der Waals surface area contributed by atoms with Crippen LogP contribution in [0.25, 0.3) is 0 Å². The fraction of sp³-hybridized carbons (Fsp3) is 0.481. The van der Waals surface area contributed by atoms with Gasteiger partial charge in [-0.15, -0.1) is 0 Å². The summed E-state index contributed by atoms with van der Waals surface area (Å²) in [6, 6.07) is 18.7. The van der Waals surface area contributed by atoms with Crippen molar-refractivity contribution in [2.24, 2.45) is 0 Å². The molecule has 0 aliphatic rings. The van der Waals surface area contributed by atoms with Crippen LogP contribution >= 0.6 is 7.75 Å². The second-order valence-corrected chi connectivity index (χ2v) is 10.1. The van der Waals surface area contributed by atoms with Gasteiger partial charge in [0.15, 0.2) is 0 Å². The molecular weight excluding hydrogens is 513 g/mol. The van der Waals surface area contributed by atoms with E-state index in [9.17, 15) is 14.2 Å². The first-order valence-electron chi connectivity index (χ1n) is 12.8. The lowest BCUT2D eigenvalue weighted by molar-refractivity contribution is 0.0477. The number of nitrogens with one attached hydrogen (secondary N) is 1. The van der Waals surface area contributed by atoms with Crippen LogP contribution in [0.5, 0.6) is 0 Å². The molecule has 0 fully saturated rings. The minimum atomic E-state index is -3.48. The predicted octanol–water partition coefficient (Wildman–Crippen LogP) is 6.39. The number of benzene rings is 2. The van der Waals surface area contributed by atoms with Crippen LogP contribution in [0.2, 0.25) is 0 Å². The molecule has 0 saturated heterocycles. The van der Waals surface area contributed by atoms with Crippen LogP contribution in [-0.4, -0.2) is 45.3 Å². The number of hydrogen-bond donors (Lipinski definition) is 1. The Bertz CT molecular complexity index is 888. The van der Waals surface area contributed by atoms with E-state index in [2.05, 4.69) is 5.09 Å². The van der Waals surface area contributed by atoms with Crippen LogP contribution in [0.1, 0.15) is 50.2 Å². The average molecular weight is 552 g/mol. The van der Waals surface area contributed by atoms with Crippen LogP contribution in [0.4, 0.5) is 9.59 Å². The minimum Gasteiger partial charge on any atom is -0.434 e. The average Bonchev–Trinajstić information content (AvgIpc) is 2.94. The highest BCUT2D eigenvalue weighted by molar-refractivity contribution is 7.51. The van der Waals surface area contributed by atoms with E-state index in [1.807, 2.05) is 67.6 Å². The summed E-state index contributed by atoms with van der Waals surface area (Å²) in [7, 11) is -3.48. The van der Waals surface area contributed by atoms with Crippen molar-refractivity contribution in [3.05, 3.63) is 71.8 Å². The topological polar surface area (TPSA) is 119 Å². The molecule has 210 valence electrons. The number of unbranched alkanes of at least 4 members (excludes halogenated alkanes) is 2. The molecule has 11 heteroatoms. The number of carbonyl (C=O) groups is 2. The summed E-state index contributed by atoms with van der Waals surface area (Å²) in [5.41, 5.74) is 1.75. The SMILES string of the molecule is CCCNP(=O)(OCCCCOC(=O)OCc1ccccc1)OCCCCOC(=O)OCc1ccccc1. The third kappa shape index (κ3) is 14.7. The Morgan fingerprint density at radius 3 is 1.50 bits per heavy atom. The first-order chi connectivity index (χ1) is 18.5. The van der Waals surface area contributed by atoms with Crippen molar-refractivity contribution in [1.29, 1.82) is 0 Å². The maximum Gasteiger partial charge on any atom is 0.508 e. The maximum atomic E-state index is 12.9. The summed E-state index contributed by atoms with van der Waals surface area (Å²) in [5.74, 6) is 0. The highest BCUT2D eigenvalue weighted by Crippen LogP contribution is 2.43. The Kier molecular flexibility index (Phi) is 15.8. The van der Waals surface area contributed by atoms with Crippen molar-refractivity contribution >= 4 is 20.1 Å². The number of ether oxygens (including phenoxy) is 4. The van der Waals surface area contributed by atoms with E-state index in [1.165, 1.54) is 0 Å². The molecule has 0 heterocycles. The lowest BCUT2D eigenvalue weighted by Gasteiger charge is -2.19. The normalized spacial score (nSPS) is 11.1. The van der Waals surface area contributed by atoms with Crippen LogP contribution < -0.4 is 5.09 Å². The highest BCUT2D eigenvalue weighted by atomic mass is 31.2. The van der Waals surface area contributed by atoms with Crippen molar-refractivity contribution in [2.75, 3.05) is 33.0 Å². The largest absolute Gasteiger partial charge is 0.508 e. The standard InChI is InChI=1S/C27H38NO9P/c1-2-17-28-38(31,36-20-11-9-18-32-26(29)34-22-24-13-5-3-6-14-24)37-21-12-10-19-33-27(30)35-23-25-15-7-4-8-16-25/h3-8,13-16H,2,9-12,17-23H2,1H3,(H,28,31). The lowest BCUT2D eigenvalue weighted by Crippen LogP contribution is -2.17. The van der Waals surface area contributed by atoms with Crippen LogP contribution in [-0.2, 0) is 45.8 Å². The molecule has 0 bridgehead atoms. The van der Waals surface area contributed by atoms with Gasteiger partial charge in [0.25, 0.3) is 0 Å². The molecule has 0 unspecified atom stereocenters. The Morgan fingerprint density at radius 1 is 0.658 bits per heavy atom. The zero-order valence-corrected chi connectivity index (χ0v) is 22.8. The van der Waals surface area contributed by atoms with Crippen molar-refractivity contribution in [3.63, 3.8) is 0 Å². The molecule has 2 aromatic rings. The van der Waals surface area contributed by atoms with Gasteiger partial charge in [-0.1, -0.05) is 67.6 Å². The molecule has 0 aromatic heterocycles. The Labute approximate surface area is 224 Å². The van der Waals surface area contributed by atoms with Crippen LogP contribution in [0.15, 0.2) is 60.7 Å². The van der Waals surface area contributed by atoms with E-state index in [0.29, 0.717) is 32.2 Å². The maximum absolute atomic E-state index is 12.9. The fourth-order valence-corrected chi connectivity index (χ4v) is 4.48. The number of hydrogen-bond acceptors (Lipinski definition) is 9. The van der Waals surface area contributed by atoms with Gasteiger partial charge in [0.2, 0.25) is 0 Å². The zero-order chi connectivity index (χ0) is 27.3. The molecule has 10 nitrogen and oxygen atoms in total. The highest BCUT2D eigenvalue weighted by Gasteiger charge is 2.23. The Balaban J connectivity index is 1.52. The quantitative estimate of drug-likeness (QED) is 0.119.